The average molecular weight is 200 g/mol. The summed E-state index contributed by atoms with van der Waals surface area (Å²) in [4.78, 5) is 0. The Morgan fingerprint density at radius 3 is 2.62 bits per heavy atom. The van der Waals surface area contributed by atoms with Crippen LogP contribution < -0.4 is 5.73 Å². The number of nitrogens with two attached hydrogens (primary N) is 1. The number of hydrogen-bond donors (Lipinski definition) is 1. The zero-order chi connectivity index (χ0) is 10.3. The molecular formula is C10H20N2S. The maximum Gasteiger partial charge on any atom is 0.0683 e. The highest BCUT2D eigenvalue weighted by atomic mass is 32.2. The Kier molecular flexibility index (Phi) is 6.19. The SMILES string of the molecule is CC(CN)SCCCC(C)(C)C#N. The minimum absolute atomic E-state index is 0.160. The van der Waals surface area contributed by atoms with Crippen molar-refractivity contribution in [3.8, 4) is 6.07 Å². The molecule has 76 valence electrons. The fraction of sp³-hybridized carbons (Fsp3) is 0.900. The van der Waals surface area contributed by atoms with Gasteiger partial charge in [-0.15, -0.1) is 0 Å². The summed E-state index contributed by atoms with van der Waals surface area (Å²) in [6.07, 6.45) is 2.09. The molecule has 0 saturated heterocycles. The Balaban J connectivity index is 3.42. The Bertz CT molecular complexity index is 172. The van der Waals surface area contributed by atoms with Crippen molar-refractivity contribution in [1.82, 2.24) is 0 Å². The third-order valence-electron chi connectivity index (χ3n) is 1.98. The van der Waals surface area contributed by atoms with E-state index in [-0.39, 0.29) is 5.41 Å². The number of nitrogens with zero attached hydrogens (tertiary/aromatic N) is 1. The Morgan fingerprint density at radius 2 is 2.15 bits per heavy atom. The van der Waals surface area contributed by atoms with Crippen molar-refractivity contribution in [3.05, 3.63) is 0 Å². The fourth-order valence-electron chi connectivity index (χ4n) is 0.923. The summed E-state index contributed by atoms with van der Waals surface area (Å²) < 4.78 is 0. The van der Waals surface area contributed by atoms with Gasteiger partial charge in [0.1, 0.15) is 0 Å². The highest BCUT2D eigenvalue weighted by Gasteiger charge is 2.15. The van der Waals surface area contributed by atoms with Gasteiger partial charge in [-0.1, -0.05) is 6.92 Å². The van der Waals surface area contributed by atoms with E-state index in [1.807, 2.05) is 25.6 Å². The van der Waals surface area contributed by atoms with E-state index in [4.69, 9.17) is 11.0 Å². The van der Waals surface area contributed by atoms with Crippen LogP contribution in [0.1, 0.15) is 33.6 Å². The van der Waals surface area contributed by atoms with Gasteiger partial charge in [0.2, 0.25) is 0 Å². The molecule has 1 atom stereocenters. The molecular weight excluding hydrogens is 180 g/mol. The topological polar surface area (TPSA) is 49.8 Å². The van der Waals surface area contributed by atoms with Crippen molar-refractivity contribution in [3.63, 3.8) is 0 Å². The van der Waals surface area contributed by atoms with Crippen molar-refractivity contribution in [1.29, 1.82) is 5.26 Å². The molecule has 0 aliphatic heterocycles. The minimum atomic E-state index is -0.160. The third kappa shape index (κ3) is 6.92. The Morgan fingerprint density at radius 1 is 1.54 bits per heavy atom. The molecule has 2 N–H and O–H groups in total. The predicted octanol–water partition coefficient (Wildman–Crippen LogP) is 2.40. The van der Waals surface area contributed by atoms with Gasteiger partial charge in [0.25, 0.3) is 0 Å². The molecule has 0 rings (SSSR count). The highest BCUT2D eigenvalue weighted by molar-refractivity contribution is 7.99. The van der Waals surface area contributed by atoms with Gasteiger partial charge in [0.15, 0.2) is 0 Å². The van der Waals surface area contributed by atoms with Gasteiger partial charge in [-0.25, -0.2) is 0 Å². The first-order valence-electron chi connectivity index (χ1n) is 4.75. The van der Waals surface area contributed by atoms with Gasteiger partial charge < -0.3 is 5.73 Å². The first-order chi connectivity index (χ1) is 6.02. The zero-order valence-electron chi connectivity index (χ0n) is 8.84. The second kappa shape index (κ2) is 6.28. The average Bonchev–Trinajstić information content (AvgIpc) is 2.12. The zero-order valence-corrected chi connectivity index (χ0v) is 9.66. The molecule has 3 heteroatoms. The standard InChI is InChI=1S/C10H20N2S/c1-9(7-11)13-6-4-5-10(2,3)8-12/h9H,4-7,11H2,1-3H3. The number of rotatable bonds is 6. The number of thioether (sulfide) groups is 1. The largest absolute Gasteiger partial charge is 0.329 e. The third-order valence-corrected chi connectivity index (χ3v) is 3.27. The summed E-state index contributed by atoms with van der Waals surface area (Å²) in [5, 5.41) is 9.32. The summed E-state index contributed by atoms with van der Waals surface area (Å²) in [6.45, 7) is 6.86. The van der Waals surface area contributed by atoms with Gasteiger partial charge in [-0.2, -0.15) is 17.0 Å². The maximum absolute atomic E-state index is 8.77. The Labute approximate surface area is 85.9 Å². The van der Waals surface area contributed by atoms with Crippen LogP contribution >= 0.6 is 11.8 Å². The molecule has 0 bridgehead atoms. The first kappa shape index (κ1) is 12.8. The summed E-state index contributed by atoms with van der Waals surface area (Å²) in [5.41, 5.74) is 5.33. The molecule has 0 aliphatic rings. The predicted molar refractivity (Wildman–Crippen MR) is 59.6 cm³/mol. The van der Waals surface area contributed by atoms with Gasteiger partial charge in [0.05, 0.1) is 11.5 Å². The van der Waals surface area contributed by atoms with Crippen molar-refractivity contribution >= 4 is 11.8 Å². The van der Waals surface area contributed by atoms with E-state index in [1.165, 1.54) is 0 Å². The van der Waals surface area contributed by atoms with Crippen molar-refractivity contribution < 1.29 is 0 Å². The van der Waals surface area contributed by atoms with Crippen LogP contribution in [0, 0.1) is 16.7 Å². The van der Waals surface area contributed by atoms with E-state index in [2.05, 4.69) is 13.0 Å². The maximum atomic E-state index is 8.77. The lowest BCUT2D eigenvalue weighted by Gasteiger charge is -2.15. The lowest BCUT2D eigenvalue weighted by atomic mass is 9.90. The molecule has 0 heterocycles. The molecule has 0 aromatic rings. The van der Waals surface area contributed by atoms with E-state index in [0.29, 0.717) is 5.25 Å². The van der Waals surface area contributed by atoms with Crippen LogP contribution in [0.3, 0.4) is 0 Å². The molecule has 13 heavy (non-hydrogen) atoms. The number of nitriles is 1. The van der Waals surface area contributed by atoms with Crippen LogP contribution in [-0.4, -0.2) is 17.5 Å². The first-order valence-corrected chi connectivity index (χ1v) is 5.79. The lowest BCUT2D eigenvalue weighted by molar-refractivity contribution is 0.447. The fourth-order valence-corrected chi connectivity index (χ4v) is 1.77. The van der Waals surface area contributed by atoms with E-state index in [9.17, 15) is 0 Å². The molecule has 0 aromatic carbocycles. The smallest absolute Gasteiger partial charge is 0.0683 e. The van der Waals surface area contributed by atoms with Crippen LogP contribution in [0.5, 0.6) is 0 Å². The summed E-state index contributed by atoms with van der Waals surface area (Å²) in [5.74, 6) is 1.11. The monoisotopic (exact) mass is 200 g/mol. The van der Waals surface area contributed by atoms with Crippen molar-refractivity contribution in [2.45, 2.75) is 38.9 Å². The Hall–Kier alpha value is -0.200. The quantitative estimate of drug-likeness (QED) is 0.670. The van der Waals surface area contributed by atoms with Gasteiger partial charge in [0, 0.05) is 11.8 Å². The van der Waals surface area contributed by atoms with Crippen LogP contribution in [0.15, 0.2) is 0 Å². The van der Waals surface area contributed by atoms with E-state index in [1.54, 1.807) is 0 Å². The summed E-state index contributed by atoms with van der Waals surface area (Å²) >= 11 is 1.89. The van der Waals surface area contributed by atoms with Crippen molar-refractivity contribution in [2.75, 3.05) is 12.3 Å². The molecule has 0 fully saturated rings. The molecule has 0 amide bonds. The van der Waals surface area contributed by atoms with Crippen molar-refractivity contribution in [2.24, 2.45) is 11.1 Å². The normalized spacial score (nSPS) is 13.8. The van der Waals surface area contributed by atoms with Gasteiger partial charge >= 0.3 is 0 Å². The van der Waals surface area contributed by atoms with Gasteiger partial charge in [-0.05, 0) is 32.4 Å². The molecule has 0 radical (unpaired) electrons. The molecule has 0 aliphatic carbocycles. The number of hydrogen-bond acceptors (Lipinski definition) is 3. The summed E-state index contributed by atoms with van der Waals surface area (Å²) in [7, 11) is 0. The highest BCUT2D eigenvalue weighted by Crippen LogP contribution is 2.22. The molecule has 0 aromatic heterocycles. The second-order valence-electron chi connectivity index (χ2n) is 4.02. The van der Waals surface area contributed by atoms with Crippen LogP contribution in [0.2, 0.25) is 0 Å². The molecule has 1 unspecified atom stereocenters. The van der Waals surface area contributed by atoms with E-state index in [0.717, 1.165) is 25.1 Å². The van der Waals surface area contributed by atoms with Crippen LogP contribution in [0.25, 0.3) is 0 Å². The van der Waals surface area contributed by atoms with E-state index >= 15 is 0 Å². The molecule has 0 spiro atoms. The minimum Gasteiger partial charge on any atom is -0.329 e. The lowest BCUT2D eigenvalue weighted by Crippen LogP contribution is -2.14. The van der Waals surface area contributed by atoms with Crippen LogP contribution in [-0.2, 0) is 0 Å². The van der Waals surface area contributed by atoms with Crippen LogP contribution in [0.4, 0.5) is 0 Å². The molecule has 2 nitrogen and oxygen atoms in total. The van der Waals surface area contributed by atoms with E-state index < -0.39 is 0 Å². The molecule has 0 saturated carbocycles. The second-order valence-corrected chi connectivity index (χ2v) is 5.56. The van der Waals surface area contributed by atoms with Gasteiger partial charge in [-0.3, -0.25) is 0 Å². The summed E-state index contributed by atoms with van der Waals surface area (Å²) in [6, 6.07) is 2.31.